The zero-order valence-corrected chi connectivity index (χ0v) is 15.4. The van der Waals surface area contributed by atoms with Crippen molar-refractivity contribution in [2.45, 2.75) is 18.9 Å². The monoisotopic (exact) mass is 391 g/mol. The van der Waals surface area contributed by atoms with Gasteiger partial charge in [0.15, 0.2) is 5.17 Å². The van der Waals surface area contributed by atoms with Gasteiger partial charge >= 0.3 is 0 Å². The van der Waals surface area contributed by atoms with E-state index in [4.69, 9.17) is 5.73 Å². The molecule has 1 aliphatic heterocycles. The highest BCUT2D eigenvalue weighted by Gasteiger charge is 2.30. The molecule has 1 atom stereocenters. The molecule has 1 heterocycles. The summed E-state index contributed by atoms with van der Waals surface area (Å²) in [5.74, 6) is -0.179. The predicted molar refractivity (Wildman–Crippen MR) is 104 cm³/mol. The van der Waals surface area contributed by atoms with Crippen molar-refractivity contribution in [1.29, 1.82) is 0 Å². The van der Waals surface area contributed by atoms with Gasteiger partial charge in [0.25, 0.3) is 11.6 Å². The fourth-order valence-corrected chi connectivity index (χ4v) is 3.71. The molecule has 0 bridgehead atoms. The Morgan fingerprint density at radius 1 is 1.30 bits per heavy atom. The summed E-state index contributed by atoms with van der Waals surface area (Å²) in [6, 6.07) is 10.5. The molecule has 0 aliphatic carbocycles. The van der Waals surface area contributed by atoms with Crippen LogP contribution in [0, 0.1) is 10.7 Å². The van der Waals surface area contributed by atoms with E-state index < -0.39 is 17.3 Å². The molecule has 142 valence electrons. The van der Waals surface area contributed by atoms with Crippen LogP contribution in [0.2, 0.25) is 0 Å². The minimum atomic E-state index is -0.552. The van der Waals surface area contributed by atoms with E-state index in [9.17, 15) is 14.1 Å². The van der Waals surface area contributed by atoms with Crippen LogP contribution in [0.15, 0.2) is 47.5 Å². The van der Waals surface area contributed by atoms with Gasteiger partial charge in [-0.2, -0.15) is 0 Å². The SMILES string of the molecule is CC1(c2ccc(F)c(NC(=O)c3ccc([NH+]=O)cc3)c2)CCSC(N)=N1.O. The third-order valence-corrected chi connectivity index (χ3v) is 5.09. The number of nitrogens with two attached hydrogens (primary N) is 1. The molecule has 6 N–H and O–H groups in total. The third kappa shape index (κ3) is 4.50. The third-order valence-electron chi connectivity index (χ3n) is 4.30. The fraction of sp³-hybridized carbons (Fsp3) is 0.222. The molecular formula is C18H20FN4O3S+. The highest BCUT2D eigenvalue weighted by atomic mass is 32.2. The van der Waals surface area contributed by atoms with Crippen LogP contribution in [0.5, 0.6) is 0 Å². The maximum absolute atomic E-state index is 14.2. The number of amides is 1. The van der Waals surface area contributed by atoms with E-state index in [1.807, 2.05) is 6.92 Å². The predicted octanol–water partition coefficient (Wildman–Crippen LogP) is 1.40. The van der Waals surface area contributed by atoms with Crippen LogP contribution < -0.4 is 16.2 Å². The van der Waals surface area contributed by atoms with Crippen LogP contribution in [0.3, 0.4) is 0 Å². The van der Waals surface area contributed by atoms with Gasteiger partial charge in [-0.15, -0.1) is 0 Å². The lowest BCUT2D eigenvalue weighted by Crippen LogP contribution is -2.55. The Balaban J connectivity index is 0.00000261. The normalized spacial score (nSPS) is 18.8. The number of halogens is 1. The molecule has 2 aromatic carbocycles. The minimum Gasteiger partial charge on any atom is -0.412 e. The number of carbonyl (C=O) groups is 1. The van der Waals surface area contributed by atoms with Gasteiger partial charge in [-0.3, -0.25) is 9.79 Å². The molecule has 9 heteroatoms. The molecule has 27 heavy (non-hydrogen) atoms. The Hall–Kier alpha value is -2.78. The van der Waals surface area contributed by atoms with Crippen molar-refractivity contribution in [1.82, 2.24) is 0 Å². The summed E-state index contributed by atoms with van der Waals surface area (Å²) >= 11 is 1.49. The number of anilines is 1. The number of benzene rings is 2. The van der Waals surface area contributed by atoms with Gasteiger partial charge in [0.1, 0.15) is 5.82 Å². The van der Waals surface area contributed by atoms with Crippen molar-refractivity contribution < 1.29 is 19.8 Å². The first kappa shape index (κ1) is 20.5. The van der Waals surface area contributed by atoms with E-state index in [0.29, 0.717) is 16.4 Å². The number of hydrogen-bond donors (Lipinski definition) is 3. The maximum Gasteiger partial charge on any atom is 0.255 e. The first-order valence-electron chi connectivity index (χ1n) is 7.99. The van der Waals surface area contributed by atoms with Crippen LogP contribution in [0.25, 0.3) is 0 Å². The standard InChI is InChI=1S/C18H17FN4O2S.H2O/c1-18(8-9-26-17(20)22-18)12-4-7-14(19)15(10-12)21-16(24)11-2-5-13(23-25)6-3-11;/h2-7,10H,8-9H2,1H3,(H2,20,22)(H,21,24);1H2/p+1. The average molecular weight is 391 g/mol. The van der Waals surface area contributed by atoms with Gasteiger partial charge in [-0.25, -0.2) is 4.39 Å². The van der Waals surface area contributed by atoms with Crippen LogP contribution in [-0.4, -0.2) is 22.3 Å². The second-order valence-corrected chi connectivity index (χ2v) is 7.27. The molecule has 7 nitrogen and oxygen atoms in total. The molecule has 0 radical (unpaired) electrons. The van der Waals surface area contributed by atoms with Crippen LogP contribution in [0.4, 0.5) is 15.8 Å². The minimum absolute atomic E-state index is 0. The van der Waals surface area contributed by atoms with Gasteiger partial charge in [-0.05, 0) is 43.2 Å². The number of nitroso groups, excluding NO2 is 1. The largest absolute Gasteiger partial charge is 0.412 e. The van der Waals surface area contributed by atoms with Crippen molar-refractivity contribution in [2.24, 2.45) is 10.7 Å². The summed E-state index contributed by atoms with van der Waals surface area (Å²) in [5.41, 5.74) is 6.80. The van der Waals surface area contributed by atoms with Crippen LogP contribution in [-0.2, 0) is 5.54 Å². The Bertz CT molecular complexity index is 889. The molecule has 0 saturated carbocycles. The van der Waals surface area contributed by atoms with Gasteiger partial charge in [-0.1, -0.05) is 17.8 Å². The number of carbonyl (C=O) groups excluding carboxylic acids is 1. The highest BCUT2D eigenvalue weighted by molar-refractivity contribution is 8.13. The van der Waals surface area contributed by atoms with Crippen molar-refractivity contribution in [3.63, 3.8) is 0 Å². The van der Waals surface area contributed by atoms with E-state index in [0.717, 1.165) is 17.7 Å². The molecule has 1 amide bonds. The van der Waals surface area contributed by atoms with E-state index in [1.54, 1.807) is 17.3 Å². The van der Waals surface area contributed by atoms with Gasteiger partial charge < -0.3 is 16.5 Å². The molecule has 0 spiro atoms. The Morgan fingerprint density at radius 3 is 2.63 bits per heavy atom. The second kappa shape index (κ2) is 8.28. The van der Waals surface area contributed by atoms with Crippen LogP contribution in [0.1, 0.15) is 29.3 Å². The van der Waals surface area contributed by atoms with E-state index >= 15 is 0 Å². The number of aliphatic imine (C=N–C) groups is 1. The number of amidine groups is 1. The number of thioether (sulfide) groups is 1. The first-order valence-corrected chi connectivity index (χ1v) is 8.97. The maximum atomic E-state index is 14.2. The quantitative estimate of drug-likeness (QED) is 0.727. The zero-order valence-electron chi connectivity index (χ0n) is 14.6. The lowest BCUT2D eigenvalue weighted by atomic mass is 9.89. The summed E-state index contributed by atoms with van der Waals surface area (Å²) in [6.07, 6.45) is 0.765. The second-order valence-electron chi connectivity index (χ2n) is 6.15. The summed E-state index contributed by atoms with van der Waals surface area (Å²) in [4.78, 5) is 27.4. The molecule has 1 aliphatic rings. The van der Waals surface area contributed by atoms with Crippen LogP contribution >= 0.6 is 11.8 Å². The molecule has 0 saturated heterocycles. The fourth-order valence-electron chi connectivity index (χ4n) is 2.73. The van der Waals surface area contributed by atoms with Crippen molar-refractivity contribution >= 4 is 34.2 Å². The highest BCUT2D eigenvalue weighted by Crippen LogP contribution is 2.36. The van der Waals surface area contributed by atoms with E-state index in [2.05, 4.69) is 10.3 Å². The van der Waals surface area contributed by atoms with Crippen molar-refractivity contribution in [3.05, 3.63) is 64.3 Å². The smallest absolute Gasteiger partial charge is 0.255 e. The number of rotatable bonds is 4. The summed E-state index contributed by atoms with van der Waals surface area (Å²) in [7, 11) is 0. The van der Waals surface area contributed by atoms with Gasteiger partial charge in [0.2, 0.25) is 0 Å². The van der Waals surface area contributed by atoms with E-state index in [1.165, 1.54) is 42.1 Å². The first-order chi connectivity index (χ1) is 12.4. The molecule has 3 rings (SSSR count). The number of nitrogens with one attached hydrogen (secondary N) is 2. The Labute approximate surface area is 159 Å². The lowest BCUT2D eigenvalue weighted by Gasteiger charge is -2.30. The summed E-state index contributed by atoms with van der Waals surface area (Å²) < 4.78 is 14.2. The zero-order chi connectivity index (χ0) is 18.7. The number of hydrogen-bond acceptors (Lipinski definition) is 5. The number of nitrogens with zero attached hydrogens (tertiary/aromatic N) is 1. The molecule has 2 aromatic rings. The molecule has 0 fully saturated rings. The Morgan fingerprint density at radius 2 is 2.00 bits per heavy atom. The molecular weight excluding hydrogens is 371 g/mol. The molecule has 1 unspecified atom stereocenters. The van der Waals surface area contributed by atoms with Gasteiger partial charge in [0, 0.05) is 33.5 Å². The summed E-state index contributed by atoms with van der Waals surface area (Å²) in [6.45, 7) is 1.94. The summed E-state index contributed by atoms with van der Waals surface area (Å²) in [5, 5.41) is 4.81. The van der Waals surface area contributed by atoms with E-state index in [-0.39, 0.29) is 11.2 Å². The lowest BCUT2D eigenvalue weighted by molar-refractivity contribution is -0.379. The topological polar surface area (TPSA) is 130 Å². The van der Waals surface area contributed by atoms with Crippen molar-refractivity contribution in [3.8, 4) is 0 Å². The van der Waals surface area contributed by atoms with Crippen molar-refractivity contribution in [2.75, 3.05) is 11.1 Å². The Kier molecular flexibility index (Phi) is 6.29. The average Bonchev–Trinajstić information content (AvgIpc) is 2.63. The molecule has 0 aromatic heterocycles. The van der Waals surface area contributed by atoms with Gasteiger partial charge in [0.05, 0.1) is 11.2 Å².